The number of hydrogen-bond donors (Lipinski definition) is 0. The Kier molecular flexibility index (Phi) is 4.92. The average Bonchev–Trinajstić information content (AvgIpc) is 2.79. The maximum Gasteiger partial charge on any atom is 0.410 e. The van der Waals surface area contributed by atoms with E-state index in [0.717, 1.165) is 49.2 Å². The van der Waals surface area contributed by atoms with Crippen LogP contribution in [0.25, 0.3) is 0 Å². The van der Waals surface area contributed by atoms with Crippen LogP contribution in [0.2, 0.25) is 0 Å². The molecule has 0 aliphatic carbocycles. The summed E-state index contributed by atoms with van der Waals surface area (Å²) in [6.07, 6.45) is 2.46. The van der Waals surface area contributed by atoms with Gasteiger partial charge in [0.05, 0.1) is 17.7 Å². The zero-order valence-electron chi connectivity index (χ0n) is 16.8. The van der Waals surface area contributed by atoms with Crippen LogP contribution in [-0.2, 0) is 11.2 Å². The van der Waals surface area contributed by atoms with Gasteiger partial charge in [0.1, 0.15) is 11.9 Å². The quantitative estimate of drug-likeness (QED) is 0.761. The molecule has 2 atom stereocenters. The number of benzene rings is 2. The van der Waals surface area contributed by atoms with E-state index in [1.54, 1.807) is 17.0 Å². The highest BCUT2D eigenvalue weighted by molar-refractivity contribution is 5.70. The molecule has 0 saturated carbocycles. The van der Waals surface area contributed by atoms with Gasteiger partial charge in [0.25, 0.3) is 0 Å². The summed E-state index contributed by atoms with van der Waals surface area (Å²) >= 11 is 0. The van der Waals surface area contributed by atoms with E-state index in [2.05, 4.69) is 11.0 Å². The van der Waals surface area contributed by atoms with Gasteiger partial charge in [0.15, 0.2) is 0 Å². The molecule has 1 unspecified atom stereocenters. The Morgan fingerprint density at radius 2 is 1.87 bits per heavy atom. The molecule has 2 aromatic rings. The molecule has 5 nitrogen and oxygen atoms in total. The van der Waals surface area contributed by atoms with E-state index in [-0.39, 0.29) is 18.0 Å². The first-order valence-corrected chi connectivity index (χ1v) is 10.6. The molecular formula is C24H24FN3O2. The van der Waals surface area contributed by atoms with Gasteiger partial charge in [-0.3, -0.25) is 9.80 Å². The third-order valence-corrected chi connectivity index (χ3v) is 6.77. The van der Waals surface area contributed by atoms with Crippen molar-refractivity contribution in [2.24, 2.45) is 5.92 Å². The molecule has 0 aromatic heterocycles. The molecule has 2 aromatic carbocycles. The Hall–Kier alpha value is -2.91. The van der Waals surface area contributed by atoms with E-state index < -0.39 is 6.04 Å². The monoisotopic (exact) mass is 405 g/mol. The van der Waals surface area contributed by atoms with Crippen LogP contribution in [0.15, 0.2) is 42.5 Å². The lowest BCUT2D eigenvalue weighted by molar-refractivity contribution is -0.0462. The Bertz CT molecular complexity index is 993. The number of amides is 1. The second-order valence-corrected chi connectivity index (χ2v) is 8.48. The van der Waals surface area contributed by atoms with Crippen LogP contribution in [0.5, 0.6) is 0 Å². The van der Waals surface area contributed by atoms with E-state index in [9.17, 15) is 14.4 Å². The second kappa shape index (κ2) is 7.73. The van der Waals surface area contributed by atoms with Crippen molar-refractivity contribution in [1.29, 1.82) is 5.26 Å². The summed E-state index contributed by atoms with van der Waals surface area (Å²) in [5.74, 6) is 0.118. The van der Waals surface area contributed by atoms with E-state index in [1.807, 2.05) is 18.2 Å². The molecule has 2 bridgehead atoms. The Morgan fingerprint density at radius 1 is 1.10 bits per heavy atom. The standard InChI is InChI=1S/C24H24FN3O2/c25-20-5-3-19(4-6-20)23-21-13-16(14-26)1-2-17(21)9-12-28(23)24(29)30-22-15-27-10-7-18(22)8-11-27/h1-6,13,18,22-23H,7-12,15H2/t22?,23-/m0/s1. The van der Waals surface area contributed by atoms with Crippen molar-refractivity contribution in [3.63, 3.8) is 0 Å². The molecule has 4 aliphatic rings. The van der Waals surface area contributed by atoms with Gasteiger partial charge in [-0.1, -0.05) is 18.2 Å². The molecule has 30 heavy (non-hydrogen) atoms. The lowest BCUT2D eigenvalue weighted by atomic mass is 9.86. The number of carbonyl (C=O) groups is 1. The largest absolute Gasteiger partial charge is 0.444 e. The second-order valence-electron chi connectivity index (χ2n) is 8.48. The zero-order chi connectivity index (χ0) is 20.7. The lowest BCUT2D eigenvalue weighted by Gasteiger charge is -2.45. The topological polar surface area (TPSA) is 56.6 Å². The van der Waals surface area contributed by atoms with Crippen LogP contribution in [0.3, 0.4) is 0 Å². The fraction of sp³-hybridized carbons (Fsp3) is 0.417. The Labute approximate surface area is 175 Å². The summed E-state index contributed by atoms with van der Waals surface area (Å²) in [6.45, 7) is 3.51. The summed E-state index contributed by atoms with van der Waals surface area (Å²) in [4.78, 5) is 17.4. The summed E-state index contributed by atoms with van der Waals surface area (Å²) < 4.78 is 19.6. The maximum absolute atomic E-state index is 13.6. The Balaban J connectivity index is 1.47. The van der Waals surface area contributed by atoms with Crippen molar-refractivity contribution in [3.8, 4) is 6.07 Å². The number of rotatable bonds is 2. The van der Waals surface area contributed by atoms with Crippen LogP contribution in [0.4, 0.5) is 9.18 Å². The molecule has 4 heterocycles. The summed E-state index contributed by atoms with van der Waals surface area (Å²) in [5.41, 5.74) is 3.39. The SMILES string of the molecule is N#Cc1ccc2c(c1)[C@H](c1ccc(F)cc1)N(C(=O)OC1CN3CCC1CC3)CC2. The fourth-order valence-corrected chi connectivity index (χ4v) is 5.13. The maximum atomic E-state index is 13.6. The number of halogens is 1. The molecule has 6 rings (SSSR count). The molecule has 0 radical (unpaired) electrons. The molecule has 3 fully saturated rings. The van der Waals surface area contributed by atoms with Crippen molar-refractivity contribution < 1.29 is 13.9 Å². The van der Waals surface area contributed by atoms with Gasteiger partial charge in [-0.25, -0.2) is 9.18 Å². The van der Waals surface area contributed by atoms with Crippen molar-refractivity contribution in [1.82, 2.24) is 9.80 Å². The van der Waals surface area contributed by atoms with Gasteiger partial charge in [-0.15, -0.1) is 0 Å². The van der Waals surface area contributed by atoms with Gasteiger partial charge in [0.2, 0.25) is 0 Å². The van der Waals surface area contributed by atoms with E-state index in [4.69, 9.17) is 4.74 Å². The highest BCUT2D eigenvalue weighted by Gasteiger charge is 2.39. The first-order valence-electron chi connectivity index (χ1n) is 10.6. The predicted octanol–water partition coefficient (Wildman–Crippen LogP) is 3.88. The van der Waals surface area contributed by atoms with Crippen LogP contribution in [0.1, 0.15) is 41.1 Å². The summed E-state index contributed by atoms with van der Waals surface area (Å²) in [6, 6.07) is 13.6. The molecule has 1 amide bonds. The van der Waals surface area contributed by atoms with Crippen LogP contribution in [0, 0.1) is 23.1 Å². The van der Waals surface area contributed by atoms with Crippen LogP contribution < -0.4 is 0 Å². The predicted molar refractivity (Wildman–Crippen MR) is 109 cm³/mol. The molecule has 0 N–H and O–H groups in total. The van der Waals surface area contributed by atoms with Gasteiger partial charge in [0, 0.05) is 13.1 Å². The lowest BCUT2D eigenvalue weighted by Crippen LogP contribution is -2.53. The minimum Gasteiger partial charge on any atom is -0.444 e. The van der Waals surface area contributed by atoms with E-state index >= 15 is 0 Å². The van der Waals surface area contributed by atoms with Crippen molar-refractivity contribution in [3.05, 3.63) is 70.5 Å². The average molecular weight is 405 g/mol. The van der Waals surface area contributed by atoms with Crippen molar-refractivity contribution in [2.45, 2.75) is 31.4 Å². The Morgan fingerprint density at radius 3 is 2.53 bits per heavy atom. The first kappa shape index (κ1) is 19.1. The number of carbonyl (C=O) groups excluding carboxylic acids is 1. The summed E-state index contributed by atoms with van der Waals surface area (Å²) in [7, 11) is 0. The molecule has 6 heteroatoms. The van der Waals surface area contributed by atoms with Gasteiger partial charge < -0.3 is 4.74 Å². The minimum atomic E-state index is -0.392. The molecular weight excluding hydrogens is 381 g/mol. The number of nitrogens with zero attached hydrogens (tertiary/aromatic N) is 3. The molecule has 4 aliphatic heterocycles. The molecule has 154 valence electrons. The smallest absolute Gasteiger partial charge is 0.410 e. The van der Waals surface area contributed by atoms with Gasteiger partial charge >= 0.3 is 6.09 Å². The number of ether oxygens (including phenoxy) is 1. The number of fused-ring (bicyclic) bond motifs is 4. The molecule has 3 saturated heterocycles. The third-order valence-electron chi connectivity index (χ3n) is 6.77. The summed E-state index contributed by atoms with van der Waals surface area (Å²) in [5, 5.41) is 9.37. The highest BCUT2D eigenvalue weighted by atomic mass is 19.1. The van der Waals surface area contributed by atoms with Crippen molar-refractivity contribution in [2.75, 3.05) is 26.2 Å². The third kappa shape index (κ3) is 3.44. The van der Waals surface area contributed by atoms with Crippen molar-refractivity contribution >= 4 is 6.09 Å². The minimum absolute atomic E-state index is 0.0688. The van der Waals surface area contributed by atoms with E-state index in [0.29, 0.717) is 24.4 Å². The highest BCUT2D eigenvalue weighted by Crippen LogP contribution is 2.37. The fourth-order valence-electron chi connectivity index (χ4n) is 5.13. The van der Waals surface area contributed by atoms with Crippen LogP contribution >= 0.6 is 0 Å². The molecule has 0 spiro atoms. The number of nitriles is 1. The first-order chi connectivity index (χ1) is 14.6. The van der Waals surface area contributed by atoms with Crippen LogP contribution in [-0.4, -0.2) is 48.2 Å². The normalized spacial score (nSPS) is 27.3. The van der Waals surface area contributed by atoms with Gasteiger partial charge in [-0.2, -0.15) is 5.26 Å². The number of piperidine rings is 3. The number of hydrogen-bond acceptors (Lipinski definition) is 4. The zero-order valence-corrected chi connectivity index (χ0v) is 16.8. The van der Waals surface area contributed by atoms with E-state index in [1.165, 1.54) is 12.1 Å². The van der Waals surface area contributed by atoms with Gasteiger partial charge in [-0.05, 0) is 79.2 Å².